The van der Waals surface area contributed by atoms with Crippen molar-refractivity contribution in [2.75, 3.05) is 18.5 Å². The number of hydrogen-bond donors (Lipinski definition) is 1. The molecule has 0 radical (unpaired) electrons. The van der Waals surface area contributed by atoms with E-state index in [-0.39, 0.29) is 24.2 Å². The van der Waals surface area contributed by atoms with E-state index in [1.54, 1.807) is 11.9 Å². The molecular formula is C12H13BrN2O2. The Hall–Kier alpha value is -1.36. The predicted molar refractivity (Wildman–Crippen MR) is 68.7 cm³/mol. The number of carbonyl (C=O) groups excluding carboxylic acids is 2. The van der Waals surface area contributed by atoms with Crippen LogP contribution in [0.25, 0.3) is 0 Å². The number of nitrogens with zero attached hydrogens (tertiary/aromatic N) is 1. The van der Waals surface area contributed by atoms with E-state index in [0.717, 1.165) is 10.2 Å². The van der Waals surface area contributed by atoms with Crippen LogP contribution in [0.4, 0.5) is 5.69 Å². The SMILES string of the molecule is CNC(=O)C1CC(=O)N(c2ccccc2Br)C1. The van der Waals surface area contributed by atoms with Crippen LogP contribution in [-0.2, 0) is 9.59 Å². The summed E-state index contributed by atoms with van der Waals surface area (Å²) in [5, 5.41) is 2.58. The van der Waals surface area contributed by atoms with Crippen molar-refractivity contribution in [3.05, 3.63) is 28.7 Å². The van der Waals surface area contributed by atoms with E-state index in [0.29, 0.717) is 6.54 Å². The minimum Gasteiger partial charge on any atom is -0.359 e. The molecule has 1 aliphatic rings. The molecule has 1 atom stereocenters. The van der Waals surface area contributed by atoms with Crippen LogP contribution in [0.3, 0.4) is 0 Å². The Morgan fingerprint density at radius 2 is 2.18 bits per heavy atom. The van der Waals surface area contributed by atoms with Crippen LogP contribution in [0.5, 0.6) is 0 Å². The Balaban J connectivity index is 2.22. The lowest BCUT2D eigenvalue weighted by Crippen LogP contribution is -2.30. The van der Waals surface area contributed by atoms with Gasteiger partial charge in [0, 0.05) is 24.5 Å². The fraction of sp³-hybridized carbons (Fsp3) is 0.333. The lowest BCUT2D eigenvalue weighted by Gasteiger charge is -2.17. The van der Waals surface area contributed by atoms with E-state index < -0.39 is 0 Å². The topological polar surface area (TPSA) is 49.4 Å². The summed E-state index contributed by atoms with van der Waals surface area (Å²) in [5.41, 5.74) is 0.823. The van der Waals surface area contributed by atoms with Gasteiger partial charge in [-0.25, -0.2) is 0 Å². The molecule has 1 N–H and O–H groups in total. The van der Waals surface area contributed by atoms with E-state index in [4.69, 9.17) is 0 Å². The average molecular weight is 297 g/mol. The predicted octanol–water partition coefficient (Wildman–Crippen LogP) is 1.55. The minimum absolute atomic E-state index is 0.00880. The first kappa shape index (κ1) is 12.1. The fourth-order valence-corrected chi connectivity index (χ4v) is 2.49. The molecule has 1 saturated heterocycles. The molecule has 0 aliphatic carbocycles. The Morgan fingerprint density at radius 1 is 1.47 bits per heavy atom. The number of hydrogen-bond acceptors (Lipinski definition) is 2. The summed E-state index contributed by atoms with van der Waals surface area (Å²) in [6, 6.07) is 7.52. The van der Waals surface area contributed by atoms with Crippen LogP contribution in [0.15, 0.2) is 28.7 Å². The van der Waals surface area contributed by atoms with Crippen molar-refractivity contribution < 1.29 is 9.59 Å². The van der Waals surface area contributed by atoms with Gasteiger partial charge in [-0.05, 0) is 28.1 Å². The summed E-state index contributed by atoms with van der Waals surface area (Å²) in [4.78, 5) is 25.1. The number of para-hydroxylation sites is 1. The number of amides is 2. The van der Waals surface area contributed by atoms with Gasteiger partial charge in [0.05, 0.1) is 11.6 Å². The van der Waals surface area contributed by atoms with Gasteiger partial charge in [0.2, 0.25) is 11.8 Å². The summed E-state index contributed by atoms with van der Waals surface area (Å²) in [6.07, 6.45) is 0.279. The fourth-order valence-electron chi connectivity index (χ4n) is 1.99. The zero-order chi connectivity index (χ0) is 12.4. The van der Waals surface area contributed by atoms with Gasteiger partial charge in [-0.15, -0.1) is 0 Å². The third kappa shape index (κ3) is 2.34. The molecule has 1 heterocycles. The van der Waals surface area contributed by atoms with Crippen molar-refractivity contribution in [1.82, 2.24) is 5.32 Å². The van der Waals surface area contributed by atoms with Crippen molar-refractivity contribution in [3.63, 3.8) is 0 Å². The van der Waals surface area contributed by atoms with Crippen LogP contribution < -0.4 is 10.2 Å². The minimum atomic E-state index is -0.250. The van der Waals surface area contributed by atoms with Crippen molar-refractivity contribution in [1.29, 1.82) is 0 Å². The molecule has 0 spiro atoms. The summed E-state index contributed by atoms with van der Waals surface area (Å²) in [6.45, 7) is 0.446. The molecule has 2 amide bonds. The molecule has 90 valence electrons. The van der Waals surface area contributed by atoms with Gasteiger partial charge < -0.3 is 10.2 Å². The standard InChI is InChI=1S/C12H13BrN2O2/c1-14-12(17)8-6-11(16)15(7-8)10-5-3-2-4-9(10)13/h2-5,8H,6-7H2,1H3,(H,14,17). The third-order valence-corrected chi connectivity index (χ3v) is 3.56. The Labute approximate surface area is 108 Å². The number of carbonyl (C=O) groups is 2. The highest BCUT2D eigenvalue weighted by Crippen LogP contribution is 2.31. The molecule has 0 saturated carbocycles. The van der Waals surface area contributed by atoms with E-state index in [1.807, 2.05) is 24.3 Å². The van der Waals surface area contributed by atoms with Crippen LogP contribution in [0, 0.1) is 5.92 Å². The Kier molecular flexibility index (Phi) is 3.47. The zero-order valence-corrected chi connectivity index (χ0v) is 11.0. The van der Waals surface area contributed by atoms with E-state index in [1.165, 1.54) is 0 Å². The molecule has 1 fully saturated rings. The summed E-state index contributed by atoms with van der Waals surface area (Å²) >= 11 is 3.41. The molecule has 1 aliphatic heterocycles. The highest BCUT2D eigenvalue weighted by molar-refractivity contribution is 9.10. The number of halogens is 1. The summed E-state index contributed by atoms with van der Waals surface area (Å²) in [5.74, 6) is -0.335. The molecule has 0 aromatic heterocycles. The maximum Gasteiger partial charge on any atom is 0.227 e. The number of nitrogens with one attached hydrogen (secondary N) is 1. The second kappa shape index (κ2) is 4.87. The molecule has 1 aromatic rings. The lowest BCUT2D eigenvalue weighted by atomic mass is 10.1. The third-order valence-electron chi connectivity index (χ3n) is 2.89. The van der Waals surface area contributed by atoms with Crippen molar-refractivity contribution >= 4 is 33.4 Å². The van der Waals surface area contributed by atoms with Gasteiger partial charge in [-0.3, -0.25) is 9.59 Å². The lowest BCUT2D eigenvalue weighted by molar-refractivity contribution is -0.125. The Bertz CT molecular complexity index is 462. The molecule has 17 heavy (non-hydrogen) atoms. The van der Waals surface area contributed by atoms with Gasteiger partial charge in [-0.2, -0.15) is 0 Å². The second-order valence-electron chi connectivity index (χ2n) is 3.97. The second-order valence-corrected chi connectivity index (χ2v) is 4.83. The smallest absolute Gasteiger partial charge is 0.227 e. The van der Waals surface area contributed by atoms with Crippen molar-refractivity contribution in [2.45, 2.75) is 6.42 Å². The van der Waals surface area contributed by atoms with Gasteiger partial charge in [-0.1, -0.05) is 12.1 Å². The molecular weight excluding hydrogens is 284 g/mol. The van der Waals surface area contributed by atoms with Gasteiger partial charge in [0.15, 0.2) is 0 Å². The first-order valence-electron chi connectivity index (χ1n) is 5.40. The molecule has 1 aromatic carbocycles. The Morgan fingerprint density at radius 3 is 2.82 bits per heavy atom. The van der Waals surface area contributed by atoms with Crippen molar-refractivity contribution in [3.8, 4) is 0 Å². The average Bonchev–Trinajstić information content (AvgIpc) is 2.71. The normalized spacial score (nSPS) is 19.5. The molecule has 1 unspecified atom stereocenters. The van der Waals surface area contributed by atoms with Gasteiger partial charge in [0.25, 0.3) is 0 Å². The van der Waals surface area contributed by atoms with Gasteiger partial charge >= 0.3 is 0 Å². The van der Waals surface area contributed by atoms with Crippen LogP contribution in [0.2, 0.25) is 0 Å². The molecule has 4 nitrogen and oxygen atoms in total. The number of anilines is 1. The maximum absolute atomic E-state index is 11.9. The molecule has 5 heteroatoms. The van der Waals surface area contributed by atoms with Crippen LogP contribution >= 0.6 is 15.9 Å². The quantitative estimate of drug-likeness (QED) is 0.900. The first-order chi connectivity index (χ1) is 8.13. The van der Waals surface area contributed by atoms with Crippen LogP contribution in [-0.4, -0.2) is 25.4 Å². The number of rotatable bonds is 2. The maximum atomic E-state index is 11.9. The van der Waals surface area contributed by atoms with Crippen LogP contribution in [0.1, 0.15) is 6.42 Å². The van der Waals surface area contributed by atoms with Gasteiger partial charge in [0.1, 0.15) is 0 Å². The molecule has 2 rings (SSSR count). The summed E-state index contributed by atoms with van der Waals surface area (Å²) < 4.78 is 0.867. The zero-order valence-electron chi connectivity index (χ0n) is 9.44. The number of benzene rings is 1. The highest BCUT2D eigenvalue weighted by Gasteiger charge is 2.35. The van der Waals surface area contributed by atoms with E-state index in [2.05, 4.69) is 21.2 Å². The van der Waals surface area contributed by atoms with E-state index in [9.17, 15) is 9.59 Å². The van der Waals surface area contributed by atoms with E-state index >= 15 is 0 Å². The largest absolute Gasteiger partial charge is 0.359 e. The summed E-state index contributed by atoms with van der Waals surface area (Å²) in [7, 11) is 1.59. The van der Waals surface area contributed by atoms with Crippen molar-refractivity contribution in [2.24, 2.45) is 5.92 Å². The first-order valence-corrected chi connectivity index (χ1v) is 6.19. The highest BCUT2D eigenvalue weighted by atomic mass is 79.9. The monoisotopic (exact) mass is 296 g/mol. The molecule has 0 bridgehead atoms.